The predicted molar refractivity (Wildman–Crippen MR) is 62.6 cm³/mol. The fraction of sp³-hybridized carbons (Fsp3) is 0.364. The number of esters is 1. The van der Waals surface area contributed by atoms with Gasteiger partial charge >= 0.3 is 5.97 Å². The van der Waals surface area contributed by atoms with Crippen molar-refractivity contribution in [1.29, 1.82) is 0 Å². The fourth-order valence-electron chi connectivity index (χ4n) is 1.08. The fourth-order valence-corrected chi connectivity index (χ4v) is 1.26. The van der Waals surface area contributed by atoms with Crippen LogP contribution in [0.25, 0.3) is 0 Å². The Morgan fingerprint density at radius 2 is 2.19 bits per heavy atom. The second kappa shape index (κ2) is 5.61. The number of benzene rings is 1. The molecule has 0 saturated carbocycles. The van der Waals surface area contributed by atoms with Crippen molar-refractivity contribution in [3.8, 4) is 5.75 Å². The van der Waals surface area contributed by atoms with Gasteiger partial charge in [-0.25, -0.2) is 4.79 Å². The lowest BCUT2D eigenvalue weighted by molar-refractivity contribution is -0.149. The number of ether oxygens (including phenoxy) is 2. The van der Waals surface area contributed by atoms with Crippen molar-refractivity contribution in [1.82, 2.24) is 0 Å². The Bertz CT molecular complexity index is 379. The molecule has 0 bridgehead atoms. The van der Waals surface area contributed by atoms with E-state index in [1.165, 1.54) is 0 Å². The number of halogens is 1. The van der Waals surface area contributed by atoms with Gasteiger partial charge in [0.1, 0.15) is 5.75 Å². The van der Waals surface area contributed by atoms with E-state index in [4.69, 9.17) is 26.8 Å². The van der Waals surface area contributed by atoms with Crippen LogP contribution in [-0.4, -0.2) is 18.7 Å². The molecular formula is C11H14ClNO3. The minimum atomic E-state index is -0.427. The molecule has 0 saturated heterocycles. The number of rotatable bonds is 4. The lowest BCUT2D eigenvalue weighted by atomic mass is 10.3. The average Bonchev–Trinajstić information content (AvgIpc) is 2.15. The summed E-state index contributed by atoms with van der Waals surface area (Å²) in [7, 11) is 0. The number of hydrogen-bond acceptors (Lipinski definition) is 4. The maximum absolute atomic E-state index is 11.2. The molecule has 16 heavy (non-hydrogen) atoms. The second-order valence-electron chi connectivity index (χ2n) is 3.51. The summed E-state index contributed by atoms with van der Waals surface area (Å²) in [6.45, 7) is 3.38. The molecule has 0 heterocycles. The molecule has 1 rings (SSSR count). The predicted octanol–water partition coefficient (Wildman–Crippen LogP) is 2.25. The first-order valence-corrected chi connectivity index (χ1v) is 5.24. The van der Waals surface area contributed by atoms with Gasteiger partial charge in [0, 0.05) is 5.02 Å². The summed E-state index contributed by atoms with van der Waals surface area (Å²) in [6.07, 6.45) is -0.154. The second-order valence-corrected chi connectivity index (χ2v) is 3.95. The molecule has 88 valence electrons. The summed E-state index contributed by atoms with van der Waals surface area (Å²) in [6, 6.07) is 4.81. The maximum Gasteiger partial charge on any atom is 0.344 e. The van der Waals surface area contributed by atoms with Crippen molar-refractivity contribution in [2.75, 3.05) is 12.3 Å². The quantitative estimate of drug-likeness (QED) is 0.651. The van der Waals surface area contributed by atoms with Gasteiger partial charge in [0.25, 0.3) is 0 Å². The highest BCUT2D eigenvalue weighted by Crippen LogP contribution is 2.24. The number of hydrogen-bond donors (Lipinski definition) is 1. The summed E-state index contributed by atoms with van der Waals surface area (Å²) in [5.74, 6) is -0.00513. The van der Waals surface area contributed by atoms with Gasteiger partial charge in [-0.3, -0.25) is 0 Å². The van der Waals surface area contributed by atoms with Gasteiger partial charge in [0.15, 0.2) is 6.61 Å². The topological polar surface area (TPSA) is 61.5 Å². The van der Waals surface area contributed by atoms with Gasteiger partial charge in [-0.2, -0.15) is 0 Å². The van der Waals surface area contributed by atoms with Crippen molar-refractivity contribution in [3.63, 3.8) is 0 Å². The van der Waals surface area contributed by atoms with E-state index in [0.717, 1.165) is 0 Å². The van der Waals surface area contributed by atoms with Crippen molar-refractivity contribution in [2.24, 2.45) is 0 Å². The van der Waals surface area contributed by atoms with Gasteiger partial charge in [0.05, 0.1) is 11.8 Å². The molecular weight excluding hydrogens is 230 g/mol. The molecule has 5 heteroatoms. The molecule has 1 aromatic rings. The molecule has 0 fully saturated rings. The number of nitrogen functional groups attached to an aromatic ring is 1. The Morgan fingerprint density at radius 1 is 1.50 bits per heavy atom. The Labute approximate surface area is 99.3 Å². The standard InChI is InChI=1S/C11H14ClNO3/c1-7(2)16-11(14)6-15-10-4-3-8(12)5-9(10)13/h3-5,7H,6,13H2,1-2H3. The number of carbonyl (C=O) groups is 1. The van der Waals surface area contributed by atoms with Crippen LogP contribution in [-0.2, 0) is 9.53 Å². The van der Waals surface area contributed by atoms with Gasteiger partial charge in [-0.05, 0) is 32.0 Å². The van der Waals surface area contributed by atoms with E-state index in [1.807, 2.05) is 0 Å². The number of carbonyl (C=O) groups excluding carboxylic acids is 1. The lowest BCUT2D eigenvalue weighted by Crippen LogP contribution is -2.19. The van der Waals surface area contributed by atoms with E-state index >= 15 is 0 Å². The zero-order valence-corrected chi connectivity index (χ0v) is 9.95. The molecule has 0 aliphatic carbocycles. The van der Waals surface area contributed by atoms with Crippen LogP contribution in [0.4, 0.5) is 5.69 Å². The molecule has 0 unspecified atom stereocenters. The van der Waals surface area contributed by atoms with Gasteiger partial charge in [0.2, 0.25) is 0 Å². The molecule has 2 N–H and O–H groups in total. The molecule has 0 amide bonds. The molecule has 1 aromatic carbocycles. The third kappa shape index (κ3) is 3.98. The van der Waals surface area contributed by atoms with Gasteiger partial charge in [-0.15, -0.1) is 0 Å². The minimum Gasteiger partial charge on any atom is -0.480 e. The summed E-state index contributed by atoms with van der Waals surface area (Å²) < 4.78 is 10.1. The van der Waals surface area contributed by atoms with Crippen LogP contribution in [0.1, 0.15) is 13.8 Å². The van der Waals surface area contributed by atoms with Crippen molar-refractivity contribution >= 4 is 23.3 Å². The molecule has 0 aromatic heterocycles. The van der Waals surface area contributed by atoms with Crippen LogP contribution in [0.5, 0.6) is 5.75 Å². The highest BCUT2D eigenvalue weighted by atomic mass is 35.5. The zero-order valence-electron chi connectivity index (χ0n) is 9.20. The molecule has 0 spiro atoms. The van der Waals surface area contributed by atoms with E-state index < -0.39 is 5.97 Å². The summed E-state index contributed by atoms with van der Waals surface area (Å²) >= 11 is 5.72. The molecule has 0 atom stereocenters. The zero-order chi connectivity index (χ0) is 12.1. The monoisotopic (exact) mass is 243 g/mol. The van der Waals surface area contributed by atoms with Gasteiger partial charge in [-0.1, -0.05) is 11.6 Å². The normalized spacial score (nSPS) is 10.2. The van der Waals surface area contributed by atoms with E-state index in [-0.39, 0.29) is 12.7 Å². The highest BCUT2D eigenvalue weighted by molar-refractivity contribution is 6.30. The van der Waals surface area contributed by atoms with Crippen LogP contribution in [0.2, 0.25) is 5.02 Å². The summed E-state index contributed by atoms with van der Waals surface area (Å²) in [5, 5.41) is 0.523. The highest BCUT2D eigenvalue weighted by Gasteiger charge is 2.08. The smallest absolute Gasteiger partial charge is 0.344 e. The van der Waals surface area contributed by atoms with Crippen LogP contribution in [0, 0.1) is 0 Å². The Morgan fingerprint density at radius 3 is 2.75 bits per heavy atom. The van der Waals surface area contributed by atoms with Gasteiger partial charge < -0.3 is 15.2 Å². The minimum absolute atomic E-state index is 0.154. The summed E-state index contributed by atoms with van der Waals surface area (Å²) in [4.78, 5) is 11.2. The molecule has 0 aliphatic heterocycles. The number of nitrogens with two attached hydrogens (primary N) is 1. The summed E-state index contributed by atoms with van der Waals surface area (Å²) in [5.41, 5.74) is 6.04. The van der Waals surface area contributed by atoms with Crippen LogP contribution in [0.15, 0.2) is 18.2 Å². The largest absolute Gasteiger partial charge is 0.480 e. The van der Waals surface area contributed by atoms with E-state index in [1.54, 1.807) is 32.0 Å². The molecule has 0 radical (unpaired) electrons. The first-order chi connectivity index (χ1) is 7.49. The first-order valence-electron chi connectivity index (χ1n) is 4.86. The van der Waals surface area contributed by atoms with Crippen molar-refractivity contribution in [3.05, 3.63) is 23.2 Å². The van der Waals surface area contributed by atoms with Crippen molar-refractivity contribution in [2.45, 2.75) is 20.0 Å². The Balaban J connectivity index is 2.51. The Hall–Kier alpha value is -1.42. The van der Waals surface area contributed by atoms with E-state index in [2.05, 4.69) is 0 Å². The Kier molecular flexibility index (Phi) is 4.43. The lowest BCUT2D eigenvalue weighted by Gasteiger charge is -2.10. The van der Waals surface area contributed by atoms with Crippen LogP contribution >= 0.6 is 11.6 Å². The number of anilines is 1. The molecule has 4 nitrogen and oxygen atoms in total. The third-order valence-electron chi connectivity index (χ3n) is 1.68. The average molecular weight is 244 g/mol. The maximum atomic E-state index is 11.2. The van der Waals surface area contributed by atoms with E-state index in [9.17, 15) is 4.79 Å². The van der Waals surface area contributed by atoms with Crippen molar-refractivity contribution < 1.29 is 14.3 Å². The first kappa shape index (κ1) is 12.6. The van der Waals surface area contributed by atoms with E-state index in [0.29, 0.717) is 16.5 Å². The molecule has 0 aliphatic rings. The van der Waals surface area contributed by atoms with Crippen LogP contribution < -0.4 is 10.5 Å². The SMILES string of the molecule is CC(C)OC(=O)COc1ccc(Cl)cc1N. The third-order valence-corrected chi connectivity index (χ3v) is 1.92. The van der Waals surface area contributed by atoms with Crippen LogP contribution in [0.3, 0.4) is 0 Å².